The van der Waals surface area contributed by atoms with Gasteiger partial charge in [-0.1, -0.05) is 62.7 Å². The Labute approximate surface area is 173 Å². The van der Waals surface area contributed by atoms with E-state index < -0.39 is 0 Å². The molecule has 28 heavy (non-hydrogen) atoms. The quantitative estimate of drug-likeness (QED) is 0.688. The van der Waals surface area contributed by atoms with E-state index in [-0.39, 0.29) is 11.8 Å². The number of carbonyl (C=O) groups excluding carboxylic acids is 1. The second kappa shape index (κ2) is 10.1. The minimum absolute atomic E-state index is 0.0875. The molecule has 2 atom stereocenters. The second-order valence-electron chi connectivity index (χ2n) is 7.80. The van der Waals surface area contributed by atoms with Gasteiger partial charge >= 0.3 is 0 Å². The van der Waals surface area contributed by atoms with E-state index in [1.54, 1.807) is 0 Å². The molecular weight excluding hydrogens is 364 g/mol. The lowest BCUT2D eigenvalue weighted by Gasteiger charge is -2.26. The number of benzene rings is 2. The van der Waals surface area contributed by atoms with Gasteiger partial charge in [0, 0.05) is 36.8 Å². The van der Waals surface area contributed by atoms with Crippen molar-refractivity contribution in [3.05, 3.63) is 65.2 Å². The molecule has 4 heteroatoms. The molecule has 2 aromatic rings. The monoisotopic (exact) mass is 396 g/mol. The lowest BCUT2D eigenvalue weighted by Crippen LogP contribution is -2.32. The van der Waals surface area contributed by atoms with Gasteiger partial charge in [-0.25, -0.2) is 0 Å². The summed E-state index contributed by atoms with van der Waals surface area (Å²) in [4.78, 5) is 15.7. The fourth-order valence-corrected chi connectivity index (χ4v) is 4.81. The first kappa shape index (κ1) is 20.9. The summed E-state index contributed by atoms with van der Waals surface area (Å²) in [5, 5.41) is 3.20. The molecule has 3 rings (SSSR count). The Hall–Kier alpha value is -1.78. The molecule has 2 unspecified atom stereocenters. The first-order valence-corrected chi connectivity index (χ1v) is 11.5. The smallest absolute Gasteiger partial charge is 0.232 e. The molecule has 3 nitrogen and oxygen atoms in total. The Morgan fingerprint density at radius 3 is 2.50 bits per heavy atom. The van der Waals surface area contributed by atoms with Gasteiger partial charge in [0.15, 0.2) is 0 Å². The van der Waals surface area contributed by atoms with E-state index in [1.807, 2.05) is 30.0 Å². The summed E-state index contributed by atoms with van der Waals surface area (Å²) in [5.74, 6) is 2.70. The number of nitrogens with zero attached hydrogens (tertiary/aromatic N) is 1. The lowest BCUT2D eigenvalue weighted by atomic mass is 9.85. The number of hydrogen-bond acceptors (Lipinski definition) is 3. The van der Waals surface area contributed by atoms with Crippen LogP contribution in [-0.4, -0.2) is 35.4 Å². The van der Waals surface area contributed by atoms with Crippen LogP contribution >= 0.6 is 11.8 Å². The van der Waals surface area contributed by atoms with Crippen molar-refractivity contribution in [2.24, 2.45) is 5.92 Å². The molecule has 1 aliphatic rings. The zero-order valence-corrected chi connectivity index (χ0v) is 18.1. The molecule has 1 heterocycles. The van der Waals surface area contributed by atoms with Gasteiger partial charge in [0.25, 0.3) is 0 Å². The fraction of sp³-hybridized carbons (Fsp3) is 0.458. The summed E-state index contributed by atoms with van der Waals surface area (Å²) in [7, 11) is 0. The normalized spacial score (nSPS) is 17.1. The molecular formula is C24H32N2OS. The Balaban J connectivity index is 1.71. The Bertz CT molecular complexity index is 771. The zero-order valence-electron chi connectivity index (χ0n) is 17.3. The summed E-state index contributed by atoms with van der Waals surface area (Å²) in [5.41, 5.74) is 4.47. The molecule has 1 fully saturated rings. The maximum atomic E-state index is 13.1. The van der Waals surface area contributed by atoms with Crippen LogP contribution in [0.15, 0.2) is 48.5 Å². The van der Waals surface area contributed by atoms with Crippen LogP contribution in [0, 0.1) is 12.8 Å². The molecule has 0 radical (unpaired) electrons. The van der Waals surface area contributed by atoms with Crippen molar-refractivity contribution < 1.29 is 4.79 Å². The Morgan fingerprint density at radius 2 is 1.86 bits per heavy atom. The van der Waals surface area contributed by atoms with Gasteiger partial charge < -0.3 is 5.32 Å². The number of nitrogens with one attached hydrogen (secondary N) is 1. The molecule has 2 aromatic carbocycles. The first-order valence-electron chi connectivity index (χ1n) is 10.3. The topological polar surface area (TPSA) is 32.3 Å². The standard InChI is InChI=1S/C24H32N2OS/c1-4-18(2)23(21-8-6-5-7-9-21)24(27)25-22-11-10-20(16-19(22)3)17-26-12-14-28-15-13-26/h5-11,16,18,23H,4,12-15,17H2,1-3H3,(H,25,27). The van der Waals surface area contributed by atoms with E-state index in [9.17, 15) is 4.79 Å². The molecule has 1 amide bonds. The number of aryl methyl sites for hydroxylation is 1. The highest BCUT2D eigenvalue weighted by atomic mass is 32.2. The van der Waals surface area contributed by atoms with Crippen molar-refractivity contribution in [2.45, 2.75) is 39.7 Å². The van der Waals surface area contributed by atoms with Crippen LogP contribution < -0.4 is 5.32 Å². The summed E-state index contributed by atoms with van der Waals surface area (Å²) < 4.78 is 0. The van der Waals surface area contributed by atoms with Crippen LogP contribution in [0.25, 0.3) is 0 Å². The minimum atomic E-state index is -0.129. The van der Waals surface area contributed by atoms with Crippen LogP contribution in [0.4, 0.5) is 5.69 Å². The van der Waals surface area contributed by atoms with E-state index >= 15 is 0 Å². The van der Waals surface area contributed by atoms with Crippen LogP contribution in [0.1, 0.15) is 42.9 Å². The SMILES string of the molecule is CCC(C)C(C(=O)Nc1ccc(CN2CCSCC2)cc1C)c1ccccc1. The minimum Gasteiger partial charge on any atom is -0.325 e. The van der Waals surface area contributed by atoms with Gasteiger partial charge in [-0.2, -0.15) is 11.8 Å². The third kappa shape index (κ3) is 5.39. The molecule has 0 aromatic heterocycles. The van der Waals surface area contributed by atoms with Gasteiger partial charge in [0.1, 0.15) is 0 Å². The molecule has 150 valence electrons. The number of hydrogen-bond donors (Lipinski definition) is 1. The summed E-state index contributed by atoms with van der Waals surface area (Å²) in [6, 6.07) is 16.6. The van der Waals surface area contributed by atoms with E-state index in [0.29, 0.717) is 5.92 Å². The number of anilines is 1. The van der Waals surface area contributed by atoms with Crippen molar-refractivity contribution >= 4 is 23.4 Å². The van der Waals surface area contributed by atoms with Crippen molar-refractivity contribution in [1.82, 2.24) is 4.90 Å². The highest BCUT2D eigenvalue weighted by Gasteiger charge is 2.26. The number of carbonyl (C=O) groups is 1. The summed E-state index contributed by atoms with van der Waals surface area (Å²) in [6.07, 6.45) is 0.971. The second-order valence-corrected chi connectivity index (χ2v) is 9.03. The molecule has 0 saturated carbocycles. The highest BCUT2D eigenvalue weighted by Crippen LogP contribution is 2.29. The largest absolute Gasteiger partial charge is 0.325 e. The van der Waals surface area contributed by atoms with Crippen LogP contribution in [0.3, 0.4) is 0 Å². The Kier molecular flexibility index (Phi) is 7.57. The third-order valence-electron chi connectivity index (χ3n) is 5.71. The maximum absolute atomic E-state index is 13.1. The zero-order chi connectivity index (χ0) is 19.9. The molecule has 1 saturated heterocycles. The van der Waals surface area contributed by atoms with Crippen molar-refractivity contribution in [1.29, 1.82) is 0 Å². The molecule has 0 aliphatic carbocycles. The first-order chi connectivity index (χ1) is 13.6. The predicted molar refractivity (Wildman–Crippen MR) is 121 cm³/mol. The number of amides is 1. The van der Waals surface area contributed by atoms with E-state index in [1.165, 1.54) is 17.1 Å². The average Bonchev–Trinajstić information content (AvgIpc) is 2.71. The molecule has 0 spiro atoms. The molecule has 1 N–H and O–H groups in total. The lowest BCUT2D eigenvalue weighted by molar-refractivity contribution is -0.118. The fourth-order valence-electron chi connectivity index (χ4n) is 3.83. The van der Waals surface area contributed by atoms with Gasteiger partial charge in [-0.3, -0.25) is 9.69 Å². The van der Waals surface area contributed by atoms with E-state index in [0.717, 1.165) is 42.9 Å². The third-order valence-corrected chi connectivity index (χ3v) is 6.66. The van der Waals surface area contributed by atoms with Crippen molar-refractivity contribution in [3.63, 3.8) is 0 Å². The summed E-state index contributed by atoms with van der Waals surface area (Å²) >= 11 is 2.04. The van der Waals surface area contributed by atoms with Crippen molar-refractivity contribution in [2.75, 3.05) is 29.9 Å². The van der Waals surface area contributed by atoms with Gasteiger partial charge in [-0.15, -0.1) is 0 Å². The van der Waals surface area contributed by atoms with Crippen LogP contribution in [0.2, 0.25) is 0 Å². The van der Waals surface area contributed by atoms with Crippen LogP contribution in [0.5, 0.6) is 0 Å². The summed E-state index contributed by atoms with van der Waals surface area (Å²) in [6.45, 7) is 9.71. The van der Waals surface area contributed by atoms with Gasteiger partial charge in [0.2, 0.25) is 5.91 Å². The maximum Gasteiger partial charge on any atom is 0.232 e. The highest BCUT2D eigenvalue weighted by molar-refractivity contribution is 7.99. The number of rotatable bonds is 7. The van der Waals surface area contributed by atoms with Crippen LogP contribution in [-0.2, 0) is 11.3 Å². The predicted octanol–water partition coefficient (Wildman–Crippen LogP) is 5.31. The average molecular weight is 397 g/mol. The van der Waals surface area contributed by atoms with E-state index in [2.05, 4.69) is 61.3 Å². The molecule has 1 aliphatic heterocycles. The van der Waals surface area contributed by atoms with E-state index in [4.69, 9.17) is 0 Å². The molecule has 0 bridgehead atoms. The van der Waals surface area contributed by atoms with Gasteiger partial charge in [-0.05, 0) is 35.6 Å². The van der Waals surface area contributed by atoms with Gasteiger partial charge in [0.05, 0.1) is 5.92 Å². The van der Waals surface area contributed by atoms with Crippen molar-refractivity contribution in [3.8, 4) is 0 Å². The Morgan fingerprint density at radius 1 is 1.14 bits per heavy atom. The number of thioether (sulfide) groups is 1.